The predicted molar refractivity (Wildman–Crippen MR) is 132 cm³/mol. The maximum atomic E-state index is 13.4. The molecule has 36 heavy (non-hydrogen) atoms. The van der Waals surface area contributed by atoms with Crippen LogP contribution in [0, 0.1) is 0 Å². The third-order valence-electron chi connectivity index (χ3n) is 6.17. The first-order valence-electron chi connectivity index (χ1n) is 11.5. The number of nitrogens with zero attached hydrogens (tertiary/aromatic N) is 1. The number of carbonyl (C=O) groups is 2. The van der Waals surface area contributed by atoms with Gasteiger partial charge in [0.05, 0.1) is 25.8 Å². The van der Waals surface area contributed by atoms with Gasteiger partial charge in [-0.1, -0.05) is 42.5 Å². The second kappa shape index (κ2) is 9.75. The molecule has 0 unspecified atom stereocenters. The number of aliphatic hydroxyl groups is 1. The van der Waals surface area contributed by atoms with E-state index in [2.05, 4.69) is 0 Å². The van der Waals surface area contributed by atoms with Crippen molar-refractivity contribution < 1.29 is 33.6 Å². The van der Waals surface area contributed by atoms with Gasteiger partial charge < -0.3 is 29.0 Å². The molecule has 8 heteroatoms. The second-order valence-electron chi connectivity index (χ2n) is 8.42. The lowest BCUT2D eigenvalue weighted by Gasteiger charge is -2.22. The molecule has 0 saturated heterocycles. The second-order valence-corrected chi connectivity index (χ2v) is 8.42. The molecule has 0 fully saturated rings. The molecule has 0 saturated carbocycles. The van der Waals surface area contributed by atoms with Crippen molar-refractivity contribution in [3.8, 4) is 23.0 Å². The number of ketones is 1. The zero-order valence-electron chi connectivity index (χ0n) is 19.7. The SMILES string of the molecule is COc1ccccc1OCCN1C(=O)[C@](O)(CC(=O)/C=C/c2ccc3c(c2)OCO3)c2ccccc21. The maximum absolute atomic E-state index is 13.4. The largest absolute Gasteiger partial charge is 0.493 e. The third kappa shape index (κ3) is 4.38. The summed E-state index contributed by atoms with van der Waals surface area (Å²) in [7, 11) is 1.56. The summed E-state index contributed by atoms with van der Waals surface area (Å²) in [6.07, 6.45) is 2.60. The fourth-order valence-electron chi connectivity index (χ4n) is 4.40. The van der Waals surface area contributed by atoms with E-state index in [1.165, 1.54) is 11.0 Å². The van der Waals surface area contributed by atoms with Gasteiger partial charge in [-0.25, -0.2) is 0 Å². The highest BCUT2D eigenvalue weighted by atomic mass is 16.7. The van der Waals surface area contributed by atoms with Crippen molar-refractivity contribution in [2.45, 2.75) is 12.0 Å². The van der Waals surface area contributed by atoms with E-state index in [9.17, 15) is 14.7 Å². The quantitative estimate of drug-likeness (QED) is 0.460. The predicted octanol–water partition coefficient (Wildman–Crippen LogP) is 3.71. The number of benzene rings is 3. The molecule has 0 aromatic heterocycles. The summed E-state index contributed by atoms with van der Waals surface area (Å²) < 4.78 is 21.8. The molecule has 3 aromatic carbocycles. The molecule has 8 nitrogen and oxygen atoms in total. The molecular weight excluding hydrogens is 462 g/mol. The van der Waals surface area contributed by atoms with Crippen molar-refractivity contribution >= 4 is 23.5 Å². The first-order chi connectivity index (χ1) is 17.5. The minimum atomic E-state index is -1.96. The molecule has 1 N–H and O–H groups in total. The van der Waals surface area contributed by atoms with Gasteiger partial charge in [-0.3, -0.25) is 9.59 Å². The molecule has 0 aliphatic carbocycles. The molecule has 2 aliphatic rings. The molecule has 0 spiro atoms. The normalized spacial score (nSPS) is 17.9. The molecule has 1 atom stereocenters. The van der Waals surface area contributed by atoms with Crippen LogP contribution in [0.5, 0.6) is 23.0 Å². The molecule has 2 heterocycles. The van der Waals surface area contributed by atoms with E-state index < -0.39 is 11.5 Å². The Kier molecular flexibility index (Phi) is 6.35. The minimum Gasteiger partial charge on any atom is -0.493 e. The highest BCUT2D eigenvalue weighted by Gasteiger charge is 2.50. The fraction of sp³-hybridized carbons (Fsp3) is 0.214. The molecule has 184 valence electrons. The Morgan fingerprint density at radius 1 is 1.06 bits per heavy atom. The van der Waals surface area contributed by atoms with Crippen molar-refractivity contribution in [2.75, 3.05) is 32.0 Å². The minimum absolute atomic E-state index is 0.163. The summed E-state index contributed by atoms with van der Waals surface area (Å²) in [6, 6.07) is 19.5. The van der Waals surface area contributed by atoms with Crippen LogP contribution in [0.3, 0.4) is 0 Å². The van der Waals surface area contributed by atoms with Crippen molar-refractivity contribution in [1.82, 2.24) is 0 Å². The fourth-order valence-corrected chi connectivity index (χ4v) is 4.40. The molecule has 0 radical (unpaired) electrons. The Morgan fingerprint density at radius 2 is 1.81 bits per heavy atom. The van der Waals surface area contributed by atoms with Crippen LogP contribution in [-0.2, 0) is 15.2 Å². The van der Waals surface area contributed by atoms with Crippen molar-refractivity contribution in [1.29, 1.82) is 0 Å². The highest BCUT2D eigenvalue weighted by Crippen LogP contribution is 2.42. The number of methoxy groups -OCH3 is 1. The average molecular weight is 488 g/mol. The van der Waals surface area contributed by atoms with Gasteiger partial charge >= 0.3 is 0 Å². The van der Waals surface area contributed by atoms with Gasteiger partial charge in [0.25, 0.3) is 5.91 Å². The molecule has 1 amide bonds. The maximum Gasteiger partial charge on any atom is 0.264 e. The van der Waals surface area contributed by atoms with E-state index in [1.54, 1.807) is 67.8 Å². The number of amides is 1. The number of fused-ring (bicyclic) bond motifs is 2. The van der Waals surface area contributed by atoms with Gasteiger partial charge in [-0.2, -0.15) is 0 Å². The number of rotatable bonds is 9. The summed E-state index contributed by atoms with van der Waals surface area (Å²) in [5, 5.41) is 11.4. The summed E-state index contributed by atoms with van der Waals surface area (Å²) in [5.41, 5.74) is -0.261. The monoisotopic (exact) mass is 487 g/mol. The number of para-hydroxylation sites is 3. The van der Waals surface area contributed by atoms with E-state index in [1.807, 2.05) is 12.1 Å². The Hall–Kier alpha value is -4.30. The Bertz CT molecular complexity index is 1330. The number of hydrogen-bond acceptors (Lipinski definition) is 7. The summed E-state index contributed by atoms with van der Waals surface area (Å²) in [6.45, 7) is 0.530. The third-order valence-corrected chi connectivity index (χ3v) is 6.17. The van der Waals surface area contributed by atoms with E-state index in [4.69, 9.17) is 18.9 Å². The van der Waals surface area contributed by atoms with Crippen molar-refractivity contribution in [3.05, 3.63) is 83.9 Å². The molecule has 2 aliphatic heterocycles. The smallest absolute Gasteiger partial charge is 0.264 e. The summed E-state index contributed by atoms with van der Waals surface area (Å²) >= 11 is 0. The van der Waals surface area contributed by atoms with Gasteiger partial charge in [0, 0.05) is 5.56 Å². The Morgan fingerprint density at radius 3 is 2.64 bits per heavy atom. The van der Waals surface area contributed by atoms with E-state index in [0.717, 1.165) is 5.56 Å². The van der Waals surface area contributed by atoms with E-state index in [-0.39, 0.29) is 32.1 Å². The van der Waals surface area contributed by atoms with Crippen LogP contribution < -0.4 is 23.8 Å². The van der Waals surface area contributed by atoms with Gasteiger partial charge in [0.2, 0.25) is 6.79 Å². The standard InChI is InChI=1S/C28H25NO7/c1-33-23-8-4-5-9-24(23)34-15-14-29-22-7-3-2-6-21(22)28(32,27(29)31)17-20(30)12-10-19-11-13-25-26(16-19)36-18-35-25/h2-13,16,32H,14-15,17-18H2,1H3/b12-10+/t28-/m0/s1. The van der Waals surface area contributed by atoms with Crippen molar-refractivity contribution in [2.24, 2.45) is 0 Å². The van der Waals surface area contributed by atoms with Gasteiger partial charge in [0.15, 0.2) is 34.4 Å². The summed E-state index contributed by atoms with van der Waals surface area (Å²) in [5.74, 6) is 1.45. The molecular formula is C28H25NO7. The van der Waals surface area contributed by atoms with Crippen LogP contribution in [-0.4, -0.2) is 43.9 Å². The van der Waals surface area contributed by atoms with Crippen LogP contribution in [0.15, 0.2) is 72.8 Å². The number of carbonyl (C=O) groups excluding carboxylic acids is 2. The van der Waals surface area contributed by atoms with Gasteiger partial charge in [-0.05, 0) is 42.0 Å². The van der Waals surface area contributed by atoms with Crippen LogP contribution in [0.2, 0.25) is 0 Å². The van der Waals surface area contributed by atoms with Crippen LogP contribution >= 0.6 is 0 Å². The van der Waals surface area contributed by atoms with Crippen molar-refractivity contribution in [3.63, 3.8) is 0 Å². The van der Waals surface area contributed by atoms with E-state index in [0.29, 0.717) is 34.2 Å². The number of anilines is 1. The Balaban J connectivity index is 1.29. The average Bonchev–Trinajstić information content (AvgIpc) is 3.45. The van der Waals surface area contributed by atoms with Gasteiger partial charge in [0.1, 0.15) is 6.61 Å². The Labute approximate surface area is 208 Å². The topological polar surface area (TPSA) is 94.5 Å². The molecule has 3 aromatic rings. The van der Waals surface area contributed by atoms with Crippen LogP contribution in [0.1, 0.15) is 17.5 Å². The first kappa shape index (κ1) is 23.4. The van der Waals surface area contributed by atoms with E-state index >= 15 is 0 Å². The highest BCUT2D eigenvalue weighted by molar-refractivity contribution is 6.10. The zero-order valence-corrected chi connectivity index (χ0v) is 19.7. The first-order valence-corrected chi connectivity index (χ1v) is 11.5. The number of hydrogen-bond donors (Lipinski definition) is 1. The summed E-state index contributed by atoms with van der Waals surface area (Å²) in [4.78, 5) is 27.7. The lowest BCUT2D eigenvalue weighted by atomic mass is 9.89. The van der Waals surface area contributed by atoms with Crippen LogP contribution in [0.4, 0.5) is 5.69 Å². The number of ether oxygens (including phenoxy) is 4. The molecule has 5 rings (SSSR count). The molecule has 0 bridgehead atoms. The van der Waals surface area contributed by atoms with Gasteiger partial charge in [-0.15, -0.1) is 0 Å². The van der Waals surface area contributed by atoms with Crippen LogP contribution in [0.25, 0.3) is 6.08 Å². The zero-order chi connectivity index (χ0) is 25.1. The number of allylic oxidation sites excluding steroid dienone is 1. The lowest BCUT2D eigenvalue weighted by Crippen LogP contribution is -2.43. The lowest BCUT2D eigenvalue weighted by molar-refractivity contribution is -0.140.